The third-order valence-corrected chi connectivity index (χ3v) is 5.99. The summed E-state index contributed by atoms with van der Waals surface area (Å²) in [5.41, 5.74) is 3.11. The van der Waals surface area contributed by atoms with Gasteiger partial charge in [0.2, 0.25) is 11.8 Å². The molecular formula is C27H35ClN4O2. The van der Waals surface area contributed by atoms with Gasteiger partial charge in [0, 0.05) is 30.2 Å². The predicted octanol–water partition coefficient (Wildman–Crippen LogP) is 4.58. The summed E-state index contributed by atoms with van der Waals surface area (Å²) >= 11 is 6.19. The molecule has 0 aliphatic rings. The SMILES string of the molecule is C[C@H](NC(=O)[C@@H](CCc1ccccc1)NCC(C)(C)C)C(=O)NCc1ccc2[nH]cc(Cl)c2c1. The molecule has 0 saturated carbocycles. The van der Waals surface area contributed by atoms with E-state index in [0.717, 1.165) is 22.9 Å². The molecule has 0 aliphatic carbocycles. The van der Waals surface area contributed by atoms with Gasteiger partial charge in [-0.1, -0.05) is 68.8 Å². The molecule has 0 saturated heterocycles. The number of aromatic amines is 1. The molecule has 182 valence electrons. The highest BCUT2D eigenvalue weighted by Gasteiger charge is 2.24. The van der Waals surface area contributed by atoms with Gasteiger partial charge in [0.25, 0.3) is 0 Å². The average Bonchev–Trinajstić information content (AvgIpc) is 3.17. The van der Waals surface area contributed by atoms with E-state index in [0.29, 0.717) is 24.5 Å². The normalized spacial score (nSPS) is 13.4. The predicted molar refractivity (Wildman–Crippen MR) is 139 cm³/mol. The molecule has 3 aromatic rings. The zero-order valence-electron chi connectivity index (χ0n) is 20.4. The number of rotatable bonds is 10. The van der Waals surface area contributed by atoms with Crippen LogP contribution in [0.25, 0.3) is 10.9 Å². The number of nitrogens with one attached hydrogen (secondary N) is 4. The van der Waals surface area contributed by atoms with Gasteiger partial charge in [-0.3, -0.25) is 9.59 Å². The number of H-pyrrole nitrogens is 1. The summed E-state index contributed by atoms with van der Waals surface area (Å²) in [4.78, 5) is 28.8. The highest BCUT2D eigenvalue weighted by atomic mass is 35.5. The first-order valence-corrected chi connectivity index (χ1v) is 12.1. The van der Waals surface area contributed by atoms with E-state index in [9.17, 15) is 9.59 Å². The molecule has 3 rings (SSSR count). The number of carbonyl (C=O) groups is 2. The minimum Gasteiger partial charge on any atom is -0.360 e. The van der Waals surface area contributed by atoms with Crippen LogP contribution in [0.15, 0.2) is 54.7 Å². The maximum absolute atomic E-state index is 13.1. The molecule has 2 atom stereocenters. The topological polar surface area (TPSA) is 86.0 Å². The minimum absolute atomic E-state index is 0.0394. The number of fused-ring (bicyclic) bond motifs is 1. The summed E-state index contributed by atoms with van der Waals surface area (Å²) < 4.78 is 0. The fourth-order valence-electron chi connectivity index (χ4n) is 3.68. The first-order chi connectivity index (χ1) is 16.1. The van der Waals surface area contributed by atoms with Gasteiger partial charge in [0.1, 0.15) is 6.04 Å². The molecular weight excluding hydrogens is 448 g/mol. The number of hydrogen-bond donors (Lipinski definition) is 4. The van der Waals surface area contributed by atoms with Crippen molar-refractivity contribution in [3.63, 3.8) is 0 Å². The number of amides is 2. The quantitative estimate of drug-likeness (QED) is 0.341. The fraction of sp³-hybridized carbons (Fsp3) is 0.407. The lowest BCUT2D eigenvalue weighted by Crippen LogP contribution is -2.52. The molecule has 0 unspecified atom stereocenters. The second-order valence-electron chi connectivity index (χ2n) is 9.98. The first-order valence-electron chi connectivity index (χ1n) is 11.7. The molecule has 4 N–H and O–H groups in total. The van der Waals surface area contributed by atoms with E-state index in [2.05, 4.69) is 53.8 Å². The van der Waals surface area contributed by atoms with E-state index in [1.54, 1.807) is 13.1 Å². The maximum atomic E-state index is 13.1. The zero-order chi connectivity index (χ0) is 24.7. The molecule has 7 heteroatoms. The Kier molecular flexibility index (Phi) is 8.75. The van der Waals surface area contributed by atoms with Crippen molar-refractivity contribution in [1.29, 1.82) is 0 Å². The molecule has 34 heavy (non-hydrogen) atoms. The van der Waals surface area contributed by atoms with Crippen molar-refractivity contribution in [3.05, 3.63) is 70.9 Å². The summed E-state index contributed by atoms with van der Waals surface area (Å²) in [6.45, 7) is 9.14. The third kappa shape index (κ3) is 7.61. The Bertz CT molecular complexity index is 1100. The highest BCUT2D eigenvalue weighted by molar-refractivity contribution is 6.35. The molecule has 0 bridgehead atoms. The Morgan fingerprint density at radius 1 is 1.03 bits per heavy atom. The van der Waals surface area contributed by atoms with Gasteiger partial charge in [-0.15, -0.1) is 0 Å². The van der Waals surface area contributed by atoms with Gasteiger partial charge in [-0.05, 0) is 48.4 Å². The number of aryl methyl sites for hydroxylation is 1. The molecule has 2 aromatic carbocycles. The Morgan fingerprint density at radius 3 is 2.47 bits per heavy atom. The number of halogens is 1. The van der Waals surface area contributed by atoms with Gasteiger partial charge in [-0.25, -0.2) is 0 Å². The van der Waals surface area contributed by atoms with Gasteiger partial charge in [-0.2, -0.15) is 0 Å². The monoisotopic (exact) mass is 482 g/mol. The maximum Gasteiger partial charge on any atom is 0.242 e. The smallest absolute Gasteiger partial charge is 0.242 e. The molecule has 0 fully saturated rings. The summed E-state index contributed by atoms with van der Waals surface area (Å²) in [5, 5.41) is 10.7. The van der Waals surface area contributed by atoms with Crippen molar-refractivity contribution in [2.45, 2.75) is 59.2 Å². The van der Waals surface area contributed by atoms with Gasteiger partial charge in [0.15, 0.2) is 0 Å². The summed E-state index contributed by atoms with van der Waals surface area (Å²) in [5.74, 6) is -0.394. The molecule has 1 heterocycles. The summed E-state index contributed by atoms with van der Waals surface area (Å²) in [6.07, 6.45) is 3.17. The third-order valence-electron chi connectivity index (χ3n) is 5.67. The van der Waals surface area contributed by atoms with Crippen LogP contribution < -0.4 is 16.0 Å². The van der Waals surface area contributed by atoms with Crippen LogP contribution in [0.1, 0.15) is 45.2 Å². The Labute approximate surface area is 206 Å². The van der Waals surface area contributed by atoms with Gasteiger partial charge in [0.05, 0.1) is 11.1 Å². The van der Waals surface area contributed by atoms with E-state index < -0.39 is 6.04 Å². The van der Waals surface area contributed by atoms with Crippen LogP contribution in [0.4, 0.5) is 0 Å². The second-order valence-corrected chi connectivity index (χ2v) is 10.4. The lowest BCUT2D eigenvalue weighted by Gasteiger charge is -2.25. The largest absolute Gasteiger partial charge is 0.360 e. The van der Waals surface area contributed by atoms with Crippen molar-refractivity contribution < 1.29 is 9.59 Å². The number of aromatic nitrogens is 1. The van der Waals surface area contributed by atoms with Gasteiger partial charge < -0.3 is 20.9 Å². The molecule has 2 amide bonds. The van der Waals surface area contributed by atoms with E-state index in [1.807, 2.05) is 36.4 Å². The van der Waals surface area contributed by atoms with Crippen LogP contribution in [0.3, 0.4) is 0 Å². The fourth-order valence-corrected chi connectivity index (χ4v) is 3.89. The van der Waals surface area contributed by atoms with Gasteiger partial charge >= 0.3 is 0 Å². The molecule has 0 radical (unpaired) electrons. The van der Waals surface area contributed by atoms with Crippen LogP contribution in [-0.2, 0) is 22.6 Å². The van der Waals surface area contributed by atoms with Crippen LogP contribution in [0.5, 0.6) is 0 Å². The van der Waals surface area contributed by atoms with E-state index >= 15 is 0 Å². The van der Waals surface area contributed by atoms with Crippen LogP contribution in [0.2, 0.25) is 5.02 Å². The summed E-state index contributed by atoms with van der Waals surface area (Å²) in [6, 6.07) is 14.9. The minimum atomic E-state index is -0.650. The van der Waals surface area contributed by atoms with Crippen molar-refractivity contribution in [1.82, 2.24) is 20.9 Å². The van der Waals surface area contributed by atoms with Crippen LogP contribution in [-0.4, -0.2) is 35.4 Å². The van der Waals surface area contributed by atoms with E-state index in [4.69, 9.17) is 11.6 Å². The lowest BCUT2D eigenvalue weighted by molar-refractivity contribution is -0.129. The lowest BCUT2D eigenvalue weighted by atomic mass is 9.95. The highest BCUT2D eigenvalue weighted by Crippen LogP contribution is 2.23. The van der Waals surface area contributed by atoms with Crippen LogP contribution >= 0.6 is 11.6 Å². The van der Waals surface area contributed by atoms with Crippen molar-refractivity contribution in [2.24, 2.45) is 5.41 Å². The molecule has 0 aliphatic heterocycles. The standard InChI is InChI=1S/C27H35ClN4O2/c1-18(25(33)30-15-20-11-12-23-21(14-20)22(28)16-29-23)32-26(34)24(31-17-27(2,3)4)13-10-19-8-6-5-7-9-19/h5-9,11-12,14,16,18,24,29,31H,10,13,15,17H2,1-4H3,(H,30,33)(H,32,34)/t18-,24+/m0/s1. The zero-order valence-corrected chi connectivity index (χ0v) is 21.1. The average molecular weight is 483 g/mol. The Hall–Kier alpha value is -2.83. The molecule has 0 spiro atoms. The number of benzene rings is 2. The van der Waals surface area contributed by atoms with E-state index in [-0.39, 0.29) is 23.3 Å². The van der Waals surface area contributed by atoms with Crippen molar-refractivity contribution in [2.75, 3.05) is 6.54 Å². The second kappa shape index (κ2) is 11.5. The molecule has 1 aromatic heterocycles. The first kappa shape index (κ1) is 25.8. The Morgan fingerprint density at radius 2 is 1.76 bits per heavy atom. The van der Waals surface area contributed by atoms with E-state index in [1.165, 1.54) is 5.56 Å². The van der Waals surface area contributed by atoms with Crippen LogP contribution in [0, 0.1) is 5.41 Å². The summed E-state index contributed by atoms with van der Waals surface area (Å²) in [7, 11) is 0. The molecule has 6 nitrogen and oxygen atoms in total. The van der Waals surface area contributed by atoms with Crippen molar-refractivity contribution in [3.8, 4) is 0 Å². The Balaban J connectivity index is 1.55. The number of carbonyl (C=O) groups excluding carboxylic acids is 2. The number of hydrogen-bond acceptors (Lipinski definition) is 3. The van der Waals surface area contributed by atoms with Crippen molar-refractivity contribution >= 4 is 34.3 Å².